The van der Waals surface area contributed by atoms with Gasteiger partial charge in [-0.05, 0) is 67.1 Å². The fraction of sp³-hybridized carbons (Fsp3) is 0.488. The molecule has 0 saturated heterocycles. The molecule has 2 rings (SSSR count). The van der Waals surface area contributed by atoms with Gasteiger partial charge >= 0.3 is 35.8 Å². The topological polar surface area (TPSA) is 176 Å². The Morgan fingerprint density at radius 2 is 1.24 bits per heavy atom. The number of hydrogen-bond donors (Lipinski definition) is 0. The number of benzene rings is 2. The number of hydrogen-bond acceptors (Lipinski definition) is 14. The molecular formula is C43H55FO14. The molecule has 14 nitrogen and oxygen atoms in total. The van der Waals surface area contributed by atoms with E-state index in [1.807, 2.05) is 0 Å². The SMILES string of the molecule is C=CC(=O)OCCCc1cc(-c2ccc(OCCCCCCCC)c(F)c2)ccc1OCC(COC(=O)CC(=O)OC)(COC(=O)CC(=O)OC)COC(=O)C(=C)C. The van der Waals surface area contributed by atoms with Gasteiger partial charge in [-0.15, -0.1) is 0 Å². The van der Waals surface area contributed by atoms with Crippen LogP contribution >= 0.6 is 0 Å². The zero-order valence-corrected chi connectivity index (χ0v) is 33.9. The van der Waals surface area contributed by atoms with E-state index in [0.717, 1.165) is 46.0 Å². The van der Waals surface area contributed by atoms with Crippen LogP contribution in [0, 0.1) is 11.2 Å². The van der Waals surface area contributed by atoms with Gasteiger partial charge in [-0.2, -0.15) is 0 Å². The minimum Gasteiger partial charge on any atom is -0.492 e. The van der Waals surface area contributed by atoms with Gasteiger partial charge in [0.15, 0.2) is 11.6 Å². The minimum atomic E-state index is -1.60. The average molecular weight is 815 g/mol. The average Bonchev–Trinajstić information content (AvgIpc) is 3.21. The molecule has 0 fully saturated rings. The van der Waals surface area contributed by atoms with Crippen LogP contribution in [0.5, 0.6) is 11.5 Å². The molecule has 2 aromatic rings. The molecule has 0 unspecified atom stereocenters. The smallest absolute Gasteiger partial charge is 0.333 e. The van der Waals surface area contributed by atoms with Crippen LogP contribution in [0.2, 0.25) is 0 Å². The van der Waals surface area contributed by atoms with Crippen LogP contribution in [0.1, 0.15) is 77.2 Å². The molecule has 0 aliphatic carbocycles. The molecule has 0 saturated carbocycles. The maximum atomic E-state index is 15.2. The van der Waals surface area contributed by atoms with E-state index in [0.29, 0.717) is 36.1 Å². The maximum absolute atomic E-state index is 15.2. The molecule has 0 radical (unpaired) electrons. The molecule has 0 N–H and O–H groups in total. The summed E-state index contributed by atoms with van der Waals surface area (Å²) in [7, 11) is 2.19. The van der Waals surface area contributed by atoms with Gasteiger partial charge in [0.1, 0.15) is 50.4 Å². The first kappa shape index (κ1) is 48.4. The van der Waals surface area contributed by atoms with Gasteiger partial charge in [-0.1, -0.05) is 64.3 Å². The third-order valence-corrected chi connectivity index (χ3v) is 8.59. The highest BCUT2D eigenvalue weighted by Gasteiger charge is 2.38. The van der Waals surface area contributed by atoms with E-state index in [9.17, 15) is 28.8 Å². The van der Waals surface area contributed by atoms with Crippen LogP contribution in [0.3, 0.4) is 0 Å². The number of unbranched alkanes of at least 4 members (excludes halogenated alkanes) is 5. The third-order valence-electron chi connectivity index (χ3n) is 8.59. The Kier molecular flexibility index (Phi) is 21.9. The molecule has 2 aromatic carbocycles. The summed E-state index contributed by atoms with van der Waals surface area (Å²) in [6.07, 6.45) is 6.65. The fourth-order valence-corrected chi connectivity index (χ4v) is 5.22. The first-order chi connectivity index (χ1) is 27.8. The Labute approximate surface area is 338 Å². The summed E-state index contributed by atoms with van der Waals surface area (Å²) in [5, 5.41) is 0. The van der Waals surface area contributed by atoms with Gasteiger partial charge in [0.05, 0.1) is 27.4 Å². The summed E-state index contributed by atoms with van der Waals surface area (Å²) in [6.45, 7) is 8.86. The van der Waals surface area contributed by atoms with E-state index < -0.39 is 86.3 Å². The highest BCUT2D eigenvalue weighted by molar-refractivity contribution is 5.91. The van der Waals surface area contributed by atoms with Crippen LogP contribution in [0.4, 0.5) is 4.39 Å². The molecule has 0 aliphatic heterocycles. The van der Waals surface area contributed by atoms with Crippen molar-refractivity contribution in [3.63, 3.8) is 0 Å². The maximum Gasteiger partial charge on any atom is 0.333 e. The van der Waals surface area contributed by atoms with Gasteiger partial charge < -0.3 is 37.9 Å². The Hall–Kier alpha value is -5.73. The zero-order valence-electron chi connectivity index (χ0n) is 33.9. The van der Waals surface area contributed by atoms with Crippen LogP contribution in [-0.2, 0) is 63.6 Å². The molecule has 15 heteroatoms. The van der Waals surface area contributed by atoms with E-state index in [1.165, 1.54) is 25.8 Å². The Bertz CT molecular complexity index is 1680. The number of carbonyl (C=O) groups excluding carboxylic acids is 6. The largest absolute Gasteiger partial charge is 0.492 e. The summed E-state index contributed by atoms with van der Waals surface area (Å²) in [6, 6.07) is 9.76. The van der Waals surface area contributed by atoms with Gasteiger partial charge in [0.2, 0.25) is 0 Å². The van der Waals surface area contributed by atoms with E-state index >= 15 is 4.39 Å². The van der Waals surface area contributed by atoms with Crippen LogP contribution < -0.4 is 9.47 Å². The summed E-state index contributed by atoms with van der Waals surface area (Å²) >= 11 is 0. The molecule has 318 valence electrons. The molecule has 0 spiro atoms. The summed E-state index contributed by atoms with van der Waals surface area (Å²) in [5.74, 6) is -5.23. The summed E-state index contributed by atoms with van der Waals surface area (Å²) in [4.78, 5) is 72.9. The van der Waals surface area contributed by atoms with Crippen molar-refractivity contribution in [3.05, 3.63) is 72.6 Å². The fourth-order valence-electron chi connectivity index (χ4n) is 5.22. The Morgan fingerprint density at radius 3 is 1.81 bits per heavy atom. The lowest BCUT2D eigenvalue weighted by Crippen LogP contribution is -2.44. The highest BCUT2D eigenvalue weighted by Crippen LogP contribution is 2.32. The van der Waals surface area contributed by atoms with Crippen LogP contribution in [-0.4, -0.2) is 89.7 Å². The Balaban J connectivity index is 2.46. The monoisotopic (exact) mass is 814 g/mol. The summed E-state index contributed by atoms with van der Waals surface area (Å²) in [5.41, 5.74) is 0.207. The number of methoxy groups -OCH3 is 2. The number of halogens is 1. The van der Waals surface area contributed by atoms with E-state index in [1.54, 1.807) is 30.3 Å². The van der Waals surface area contributed by atoms with Crippen molar-refractivity contribution < 1.29 is 71.1 Å². The molecule has 0 amide bonds. The van der Waals surface area contributed by atoms with Crippen molar-refractivity contribution in [2.75, 3.05) is 53.9 Å². The molecule has 0 bridgehead atoms. The molecule has 0 heterocycles. The first-order valence-electron chi connectivity index (χ1n) is 19.0. The standard InChI is InChI=1S/C43H55FO14/c1-7-9-10-11-12-13-20-53-36-19-17-32(23-34(36)44)31-16-18-35(33(22-31)15-14-21-54-37(45)8-2)55-26-43(29-58-42(50)30(3)4,27-56-40(48)24-38(46)51-5)28-57-41(49)25-39(47)52-6/h8,16-19,22-23H,2-3,7,9-15,20-21,24-29H2,1,4-6H3. The third kappa shape index (κ3) is 18.0. The lowest BCUT2D eigenvalue weighted by Gasteiger charge is -2.32. The number of esters is 6. The van der Waals surface area contributed by atoms with E-state index in [2.05, 4.69) is 29.6 Å². The van der Waals surface area contributed by atoms with E-state index in [-0.39, 0.29) is 23.7 Å². The normalized spacial score (nSPS) is 10.8. The number of aryl methyl sites for hydroxylation is 1. The van der Waals surface area contributed by atoms with Crippen LogP contribution in [0.15, 0.2) is 61.2 Å². The second-order valence-corrected chi connectivity index (χ2v) is 13.5. The van der Waals surface area contributed by atoms with Gasteiger partial charge in [-0.25, -0.2) is 14.0 Å². The second kappa shape index (κ2) is 26.2. The minimum absolute atomic E-state index is 0.0425. The van der Waals surface area contributed by atoms with Gasteiger partial charge in [-0.3, -0.25) is 19.2 Å². The lowest BCUT2D eigenvalue weighted by molar-refractivity contribution is -0.165. The second-order valence-electron chi connectivity index (χ2n) is 13.5. The van der Waals surface area contributed by atoms with Gasteiger partial charge in [0, 0.05) is 11.6 Å². The van der Waals surface area contributed by atoms with Crippen molar-refractivity contribution in [2.24, 2.45) is 5.41 Å². The zero-order chi connectivity index (χ0) is 42.9. The van der Waals surface area contributed by atoms with Crippen molar-refractivity contribution in [1.29, 1.82) is 0 Å². The number of rotatable bonds is 28. The summed E-state index contributed by atoms with van der Waals surface area (Å²) < 4.78 is 57.6. The molecular weight excluding hydrogens is 759 g/mol. The predicted octanol–water partition coefficient (Wildman–Crippen LogP) is 6.59. The van der Waals surface area contributed by atoms with Crippen molar-refractivity contribution in [1.82, 2.24) is 0 Å². The number of carbonyl (C=O) groups is 6. The number of ether oxygens (including phenoxy) is 8. The highest BCUT2D eigenvalue weighted by atomic mass is 19.1. The van der Waals surface area contributed by atoms with Crippen molar-refractivity contribution in [2.45, 2.75) is 78.1 Å². The lowest BCUT2D eigenvalue weighted by atomic mass is 9.91. The molecule has 0 aliphatic rings. The molecule has 0 atom stereocenters. The van der Waals surface area contributed by atoms with E-state index in [4.69, 9.17) is 28.4 Å². The van der Waals surface area contributed by atoms with Gasteiger partial charge in [0.25, 0.3) is 0 Å². The van der Waals surface area contributed by atoms with Crippen molar-refractivity contribution >= 4 is 35.8 Å². The van der Waals surface area contributed by atoms with Crippen molar-refractivity contribution in [3.8, 4) is 22.6 Å². The Morgan fingerprint density at radius 1 is 0.672 bits per heavy atom. The molecule has 0 aromatic heterocycles. The first-order valence-corrected chi connectivity index (χ1v) is 19.0. The predicted molar refractivity (Wildman–Crippen MR) is 209 cm³/mol. The quantitative estimate of drug-likeness (QED) is 0.0296. The van der Waals surface area contributed by atoms with Crippen LogP contribution in [0.25, 0.3) is 11.1 Å². The molecule has 58 heavy (non-hydrogen) atoms.